The summed E-state index contributed by atoms with van der Waals surface area (Å²) in [6.07, 6.45) is 14.3. The van der Waals surface area contributed by atoms with E-state index in [9.17, 15) is 4.79 Å². The summed E-state index contributed by atoms with van der Waals surface area (Å²) in [6, 6.07) is 22.0. The lowest BCUT2D eigenvalue weighted by Gasteiger charge is -2.29. The first-order valence-electron chi connectivity index (χ1n) is 12.4. The first kappa shape index (κ1) is 21.3. The topological polar surface area (TPSA) is 17.1 Å². The highest BCUT2D eigenvalue weighted by atomic mass is 16.1. The van der Waals surface area contributed by atoms with Crippen molar-refractivity contribution in [3.63, 3.8) is 0 Å². The maximum atomic E-state index is 12.5. The van der Waals surface area contributed by atoms with Crippen molar-refractivity contribution in [3.05, 3.63) is 71.8 Å². The summed E-state index contributed by atoms with van der Waals surface area (Å²) in [4.78, 5) is 12.5. The normalized spacial score (nSPS) is 26.9. The lowest BCUT2D eigenvalue weighted by atomic mass is 9.76. The molecule has 0 saturated heterocycles. The van der Waals surface area contributed by atoms with Crippen molar-refractivity contribution in [2.75, 3.05) is 0 Å². The van der Waals surface area contributed by atoms with Gasteiger partial charge in [0, 0.05) is 12.8 Å². The van der Waals surface area contributed by atoms with E-state index in [1.165, 1.54) is 62.5 Å². The van der Waals surface area contributed by atoms with Gasteiger partial charge in [0.05, 0.1) is 0 Å². The molecule has 0 aromatic heterocycles. The number of carbonyl (C=O) groups excluding carboxylic acids is 1. The predicted octanol–water partition coefficient (Wildman–Crippen LogP) is 8.06. The van der Waals surface area contributed by atoms with E-state index in [0.717, 1.165) is 49.4 Å². The Morgan fingerprint density at radius 3 is 1.30 bits per heavy atom. The Labute approximate surface area is 183 Å². The van der Waals surface area contributed by atoms with Crippen molar-refractivity contribution in [1.82, 2.24) is 0 Å². The van der Waals surface area contributed by atoms with Gasteiger partial charge in [0.15, 0.2) is 0 Å². The molecule has 2 aliphatic rings. The van der Waals surface area contributed by atoms with Crippen molar-refractivity contribution < 1.29 is 4.79 Å². The van der Waals surface area contributed by atoms with Crippen LogP contribution >= 0.6 is 0 Å². The summed E-state index contributed by atoms with van der Waals surface area (Å²) in [7, 11) is 0. The first-order chi connectivity index (χ1) is 14.8. The standard InChI is InChI=1S/C29H38O/c30-29(21-15-23-11-17-27(18-12-23)25-7-3-1-4-8-25)22-16-24-13-19-28(20-14-24)26-9-5-2-6-10-26/h1-10,23-24,27-28H,11-22H2. The average molecular weight is 403 g/mol. The predicted molar refractivity (Wildman–Crippen MR) is 126 cm³/mol. The van der Waals surface area contributed by atoms with Crippen LogP contribution in [0.5, 0.6) is 0 Å². The molecule has 0 spiro atoms. The fourth-order valence-corrected chi connectivity index (χ4v) is 5.87. The van der Waals surface area contributed by atoms with Gasteiger partial charge >= 0.3 is 0 Å². The van der Waals surface area contributed by atoms with Crippen molar-refractivity contribution in [3.8, 4) is 0 Å². The van der Waals surface area contributed by atoms with Crippen molar-refractivity contribution in [2.24, 2.45) is 11.8 Å². The van der Waals surface area contributed by atoms with Crippen LogP contribution in [0, 0.1) is 11.8 Å². The third kappa shape index (κ3) is 6.06. The number of carbonyl (C=O) groups is 1. The molecule has 30 heavy (non-hydrogen) atoms. The number of ketones is 1. The Kier molecular flexibility index (Phi) is 7.78. The Morgan fingerprint density at radius 2 is 0.933 bits per heavy atom. The van der Waals surface area contributed by atoms with Gasteiger partial charge in [-0.25, -0.2) is 0 Å². The van der Waals surface area contributed by atoms with E-state index in [-0.39, 0.29) is 0 Å². The van der Waals surface area contributed by atoms with Crippen LogP contribution in [0.2, 0.25) is 0 Å². The molecule has 2 aromatic rings. The monoisotopic (exact) mass is 402 g/mol. The Morgan fingerprint density at radius 1 is 0.567 bits per heavy atom. The summed E-state index contributed by atoms with van der Waals surface area (Å²) >= 11 is 0. The third-order valence-corrected chi connectivity index (χ3v) is 7.90. The first-order valence-corrected chi connectivity index (χ1v) is 12.4. The number of hydrogen-bond acceptors (Lipinski definition) is 1. The maximum absolute atomic E-state index is 12.5. The van der Waals surface area contributed by atoms with Crippen molar-refractivity contribution in [1.29, 1.82) is 0 Å². The molecule has 0 amide bonds. The number of benzene rings is 2. The molecule has 0 aliphatic heterocycles. The van der Waals surface area contributed by atoms with Crippen LogP contribution in [-0.2, 0) is 4.79 Å². The Bertz CT molecular complexity index is 684. The number of hydrogen-bond donors (Lipinski definition) is 0. The van der Waals surface area contributed by atoms with Gasteiger partial charge < -0.3 is 0 Å². The lowest BCUT2D eigenvalue weighted by Crippen LogP contribution is -2.16. The zero-order valence-electron chi connectivity index (χ0n) is 18.5. The molecule has 160 valence electrons. The Hall–Kier alpha value is -1.89. The molecule has 0 heterocycles. The smallest absolute Gasteiger partial charge is 0.132 e. The summed E-state index contributed by atoms with van der Waals surface area (Å²) in [5.74, 6) is 3.55. The van der Waals surface area contributed by atoms with Crippen LogP contribution in [0.1, 0.15) is 100 Å². The van der Waals surface area contributed by atoms with E-state index in [4.69, 9.17) is 0 Å². The zero-order valence-corrected chi connectivity index (χ0v) is 18.5. The van der Waals surface area contributed by atoms with Gasteiger partial charge in [0.25, 0.3) is 0 Å². The largest absolute Gasteiger partial charge is 0.300 e. The summed E-state index contributed by atoms with van der Waals surface area (Å²) in [6.45, 7) is 0. The molecule has 2 aliphatic carbocycles. The maximum Gasteiger partial charge on any atom is 0.132 e. The molecular weight excluding hydrogens is 364 g/mol. The minimum Gasteiger partial charge on any atom is -0.300 e. The van der Waals surface area contributed by atoms with E-state index in [0.29, 0.717) is 5.78 Å². The molecule has 1 nitrogen and oxygen atoms in total. The van der Waals surface area contributed by atoms with E-state index in [2.05, 4.69) is 60.7 Å². The number of rotatable bonds is 8. The summed E-state index contributed by atoms with van der Waals surface area (Å²) in [5, 5.41) is 0. The minimum atomic E-state index is 0.519. The highest BCUT2D eigenvalue weighted by molar-refractivity contribution is 5.78. The van der Waals surface area contributed by atoms with E-state index < -0.39 is 0 Å². The zero-order chi connectivity index (χ0) is 20.6. The lowest BCUT2D eigenvalue weighted by molar-refractivity contribution is -0.119. The van der Waals surface area contributed by atoms with Gasteiger partial charge in [-0.3, -0.25) is 4.79 Å². The Balaban J connectivity index is 1.10. The fourth-order valence-electron chi connectivity index (χ4n) is 5.87. The minimum absolute atomic E-state index is 0.519. The fraction of sp³-hybridized carbons (Fsp3) is 0.552. The van der Waals surface area contributed by atoms with Crippen LogP contribution in [-0.4, -0.2) is 5.78 Å². The average Bonchev–Trinajstić information content (AvgIpc) is 2.83. The molecule has 0 bridgehead atoms. The molecule has 2 saturated carbocycles. The van der Waals surface area contributed by atoms with Crippen LogP contribution in [0.25, 0.3) is 0 Å². The second kappa shape index (κ2) is 10.9. The molecule has 1 heteroatoms. The highest BCUT2D eigenvalue weighted by Gasteiger charge is 2.24. The third-order valence-electron chi connectivity index (χ3n) is 7.90. The van der Waals surface area contributed by atoms with Gasteiger partial charge in [-0.1, -0.05) is 60.7 Å². The van der Waals surface area contributed by atoms with Gasteiger partial charge in [-0.2, -0.15) is 0 Å². The van der Waals surface area contributed by atoms with E-state index in [1.807, 2.05) is 0 Å². The van der Waals surface area contributed by atoms with Gasteiger partial charge in [0.1, 0.15) is 5.78 Å². The molecule has 0 atom stereocenters. The second-order valence-corrected chi connectivity index (χ2v) is 9.87. The summed E-state index contributed by atoms with van der Waals surface area (Å²) in [5.41, 5.74) is 3.02. The SMILES string of the molecule is O=C(CCC1CCC(c2ccccc2)CC1)CCC1CCC(c2ccccc2)CC1. The van der Waals surface area contributed by atoms with Crippen LogP contribution in [0.3, 0.4) is 0 Å². The highest BCUT2D eigenvalue weighted by Crippen LogP contribution is 2.39. The molecule has 4 rings (SSSR count). The number of Topliss-reactive ketones (excluding diaryl/α,β-unsaturated/α-hetero) is 1. The van der Waals surface area contributed by atoms with Crippen LogP contribution in [0.15, 0.2) is 60.7 Å². The van der Waals surface area contributed by atoms with Gasteiger partial charge in [0.2, 0.25) is 0 Å². The molecular formula is C29H38O. The molecule has 2 aromatic carbocycles. The van der Waals surface area contributed by atoms with E-state index >= 15 is 0 Å². The second-order valence-electron chi connectivity index (χ2n) is 9.87. The molecule has 0 unspecified atom stereocenters. The van der Waals surface area contributed by atoms with Gasteiger partial charge in [-0.05, 0) is 99.0 Å². The molecule has 0 radical (unpaired) electrons. The van der Waals surface area contributed by atoms with Crippen molar-refractivity contribution in [2.45, 2.75) is 88.9 Å². The van der Waals surface area contributed by atoms with Crippen LogP contribution in [0.4, 0.5) is 0 Å². The van der Waals surface area contributed by atoms with Gasteiger partial charge in [-0.15, -0.1) is 0 Å². The van der Waals surface area contributed by atoms with Crippen LogP contribution < -0.4 is 0 Å². The molecule has 2 fully saturated rings. The van der Waals surface area contributed by atoms with E-state index in [1.54, 1.807) is 0 Å². The van der Waals surface area contributed by atoms with Crippen molar-refractivity contribution >= 4 is 5.78 Å². The molecule has 0 N–H and O–H groups in total. The quantitative estimate of drug-likeness (QED) is 0.436. The summed E-state index contributed by atoms with van der Waals surface area (Å²) < 4.78 is 0.